The van der Waals surface area contributed by atoms with Crippen molar-refractivity contribution in [3.8, 4) is 5.75 Å². The Hall–Kier alpha value is -1.84. The molecule has 0 aromatic heterocycles. The Morgan fingerprint density at radius 3 is 2.56 bits per heavy atom. The number of nitrogens with two attached hydrogens (primary N) is 1. The highest BCUT2D eigenvalue weighted by atomic mass is 16.5. The summed E-state index contributed by atoms with van der Waals surface area (Å²) in [6.07, 6.45) is 0. The molecule has 3 nitrogen and oxygen atoms in total. The smallest absolute Gasteiger partial charge is 0.124 e. The van der Waals surface area contributed by atoms with Gasteiger partial charge in [-0.25, -0.2) is 5.43 Å². The molecule has 2 aromatic carbocycles. The number of nitrogens with one attached hydrogen (secondary N) is 1. The van der Waals surface area contributed by atoms with Crippen molar-refractivity contribution in [2.75, 3.05) is 7.11 Å². The van der Waals surface area contributed by atoms with Crippen LogP contribution in [-0.2, 0) is 0 Å². The van der Waals surface area contributed by atoms with Crippen molar-refractivity contribution in [3.63, 3.8) is 0 Å². The Labute approximate surface area is 108 Å². The van der Waals surface area contributed by atoms with E-state index in [9.17, 15) is 0 Å². The minimum absolute atomic E-state index is 0.0685. The maximum Gasteiger partial charge on any atom is 0.124 e. The lowest BCUT2D eigenvalue weighted by Crippen LogP contribution is -2.29. The number of rotatable bonds is 4. The zero-order chi connectivity index (χ0) is 13.0. The Morgan fingerprint density at radius 2 is 1.89 bits per heavy atom. The van der Waals surface area contributed by atoms with Crippen molar-refractivity contribution < 1.29 is 4.74 Å². The summed E-state index contributed by atoms with van der Waals surface area (Å²) >= 11 is 0. The number of hydrogen-bond donors (Lipinski definition) is 2. The molecule has 0 aliphatic heterocycles. The molecule has 0 amide bonds. The topological polar surface area (TPSA) is 47.3 Å². The molecule has 0 aliphatic carbocycles. The molecule has 2 aromatic rings. The molecule has 1 atom stereocenters. The van der Waals surface area contributed by atoms with Gasteiger partial charge >= 0.3 is 0 Å². The van der Waals surface area contributed by atoms with Gasteiger partial charge in [-0.3, -0.25) is 5.84 Å². The van der Waals surface area contributed by atoms with Gasteiger partial charge in [0, 0.05) is 5.56 Å². The summed E-state index contributed by atoms with van der Waals surface area (Å²) in [6.45, 7) is 2.07. The highest BCUT2D eigenvalue weighted by Crippen LogP contribution is 2.29. The summed E-state index contributed by atoms with van der Waals surface area (Å²) in [5.41, 5.74) is 6.23. The summed E-state index contributed by atoms with van der Waals surface area (Å²) < 4.78 is 5.38. The average molecular weight is 242 g/mol. The molecule has 2 rings (SSSR count). The Kier molecular flexibility index (Phi) is 3.97. The zero-order valence-corrected chi connectivity index (χ0v) is 10.7. The van der Waals surface area contributed by atoms with Crippen molar-refractivity contribution in [3.05, 3.63) is 65.2 Å². The van der Waals surface area contributed by atoms with E-state index in [4.69, 9.17) is 10.6 Å². The lowest BCUT2D eigenvalue weighted by atomic mass is 9.97. The van der Waals surface area contributed by atoms with E-state index in [0.29, 0.717) is 0 Å². The standard InChI is InChI=1S/C15H18N2O/c1-11-6-5-7-12(10-11)15(17-16)13-8-3-4-9-14(13)18-2/h3-10,15,17H,16H2,1-2H3. The van der Waals surface area contributed by atoms with Crippen LogP contribution in [0.5, 0.6) is 5.75 Å². The monoisotopic (exact) mass is 242 g/mol. The van der Waals surface area contributed by atoms with E-state index in [1.54, 1.807) is 7.11 Å². The minimum atomic E-state index is -0.0685. The van der Waals surface area contributed by atoms with Gasteiger partial charge in [0.2, 0.25) is 0 Å². The molecule has 18 heavy (non-hydrogen) atoms. The number of hydrazine groups is 1. The second-order valence-electron chi connectivity index (χ2n) is 4.26. The van der Waals surface area contributed by atoms with Crippen LogP contribution in [0.4, 0.5) is 0 Å². The van der Waals surface area contributed by atoms with Crippen molar-refractivity contribution in [1.29, 1.82) is 0 Å². The predicted molar refractivity (Wildman–Crippen MR) is 73.3 cm³/mol. The number of ether oxygens (including phenoxy) is 1. The Balaban J connectivity index is 2.45. The van der Waals surface area contributed by atoms with Crippen molar-refractivity contribution in [1.82, 2.24) is 5.43 Å². The normalized spacial score (nSPS) is 12.2. The third kappa shape index (κ3) is 2.53. The number of aryl methyl sites for hydroxylation is 1. The lowest BCUT2D eigenvalue weighted by Gasteiger charge is -2.19. The fraction of sp³-hybridized carbons (Fsp3) is 0.200. The van der Waals surface area contributed by atoms with E-state index in [0.717, 1.165) is 16.9 Å². The highest BCUT2D eigenvalue weighted by molar-refractivity contribution is 5.42. The number of para-hydroxylation sites is 1. The van der Waals surface area contributed by atoms with Crippen LogP contribution in [0.3, 0.4) is 0 Å². The van der Waals surface area contributed by atoms with Gasteiger partial charge in [0.05, 0.1) is 13.2 Å². The van der Waals surface area contributed by atoms with Crippen LogP contribution in [-0.4, -0.2) is 7.11 Å². The molecule has 0 saturated carbocycles. The second-order valence-corrected chi connectivity index (χ2v) is 4.26. The molecule has 0 heterocycles. The van der Waals surface area contributed by atoms with Crippen molar-refractivity contribution in [2.24, 2.45) is 5.84 Å². The van der Waals surface area contributed by atoms with Crippen LogP contribution in [0.25, 0.3) is 0 Å². The molecular weight excluding hydrogens is 224 g/mol. The van der Waals surface area contributed by atoms with E-state index >= 15 is 0 Å². The summed E-state index contributed by atoms with van der Waals surface area (Å²) in [7, 11) is 1.67. The molecule has 0 fully saturated rings. The fourth-order valence-corrected chi connectivity index (χ4v) is 2.12. The molecule has 94 valence electrons. The van der Waals surface area contributed by atoms with Gasteiger partial charge in [-0.1, -0.05) is 48.0 Å². The quantitative estimate of drug-likeness (QED) is 0.640. The maximum atomic E-state index is 5.70. The molecule has 0 saturated heterocycles. The molecule has 0 spiro atoms. The first-order chi connectivity index (χ1) is 8.76. The molecule has 0 bridgehead atoms. The van der Waals surface area contributed by atoms with E-state index < -0.39 is 0 Å². The van der Waals surface area contributed by atoms with Gasteiger partial charge in [0.15, 0.2) is 0 Å². The summed E-state index contributed by atoms with van der Waals surface area (Å²) in [6, 6.07) is 16.1. The van der Waals surface area contributed by atoms with Gasteiger partial charge in [-0.2, -0.15) is 0 Å². The van der Waals surface area contributed by atoms with Gasteiger partial charge < -0.3 is 4.74 Å². The van der Waals surface area contributed by atoms with E-state index in [2.05, 4.69) is 30.5 Å². The largest absolute Gasteiger partial charge is 0.496 e. The van der Waals surface area contributed by atoms with Gasteiger partial charge in [-0.15, -0.1) is 0 Å². The third-order valence-electron chi connectivity index (χ3n) is 2.99. The van der Waals surface area contributed by atoms with Crippen LogP contribution in [0.2, 0.25) is 0 Å². The Morgan fingerprint density at radius 1 is 1.11 bits per heavy atom. The first-order valence-corrected chi connectivity index (χ1v) is 5.92. The summed E-state index contributed by atoms with van der Waals surface area (Å²) in [4.78, 5) is 0. The first kappa shape index (κ1) is 12.6. The van der Waals surface area contributed by atoms with Crippen LogP contribution < -0.4 is 16.0 Å². The zero-order valence-electron chi connectivity index (χ0n) is 10.7. The number of hydrogen-bond acceptors (Lipinski definition) is 3. The van der Waals surface area contributed by atoms with Crippen molar-refractivity contribution >= 4 is 0 Å². The molecule has 3 N–H and O–H groups in total. The average Bonchev–Trinajstić information content (AvgIpc) is 2.40. The first-order valence-electron chi connectivity index (χ1n) is 5.92. The molecule has 3 heteroatoms. The second kappa shape index (κ2) is 5.67. The predicted octanol–water partition coefficient (Wildman–Crippen LogP) is 2.56. The summed E-state index contributed by atoms with van der Waals surface area (Å²) in [5.74, 6) is 6.54. The van der Waals surface area contributed by atoms with Crippen LogP contribution >= 0.6 is 0 Å². The van der Waals surface area contributed by atoms with E-state index in [1.807, 2.05) is 30.3 Å². The van der Waals surface area contributed by atoms with Crippen molar-refractivity contribution in [2.45, 2.75) is 13.0 Å². The van der Waals surface area contributed by atoms with Gasteiger partial charge in [0.1, 0.15) is 5.75 Å². The van der Waals surface area contributed by atoms with Crippen LogP contribution in [0.1, 0.15) is 22.7 Å². The molecular formula is C15H18N2O. The van der Waals surface area contributed by atoms with Crippen LogP contribution in [0.15, 0.2) is 48.5 Å². The third-order valence-corrected chi connectivity index (χ3v) is 2.99. The highest BCUT2D eigenvalue weighted by Gasteiger charge is 2.16. The van der Waals surface area contributed by atoms with E-state index in [1.165, 1.54) is 5.56 Å². The Bertz CT molecular complexity index is 525. The molecule has 1 unspecified atom stereocenters. The number of benzene rings is 2. The number of methoxy groups -OCH3 is 1. The lowest BCUT2D eigenvalue weighted by molar-refractivity contribution is 0.404. The maximum absolute atomic E-state index is 5.70. The van der Waals surface area contributed by atoms with Gasteiger partial charge in [-0.05, 0) is 18.6 Å². The fourth-order valence-electron chi connectivity index (χ4n) is 2.12. The van der Waals surface area contributed by atoms with E-state index in [-0.39, 0.29) is 6.04 Å². The van der Waals surface area contributed by atoms with Gasteiger partial charge in [0.25, 0.3) is 0 Å². The molecule has 0 radical (unpaired) electrons. The molecule has 0 aliphatic rings. The summed E-state index contributed by atoms with van der Waals surface area (Å²) in [5, 5.41) is 0. The minimum Gasteiger partial charge on any atom is -0.496 e. The SMILES string of the molecule is COc1ccccc1C(NN)c1cccc(C)c1. The van der Waals surface area contributed by atoms with Crippen LogP contribution in [0, 0.1) is 6.92 Å².